The van der Waals surface area contributed by atoms with E-state index in [0.29, 0.717) is 11.8 Å². The van der Waals surface area contributed by atoms with E-state index in [1.807, 2.05) is 12.1 Å². The van der Waals surface area contributed by atoms with Crippen LogP contribution < -0.4 is 15.0 Å². The van der Waals surface area contributed by atoms with Crippen LogP contribution in [0.3, 0.4) is 0 Å². The lowest BCUT2D eigenvalue weighted by Crippen LogP contribution is -2.42. The molecule has 2 aliphatic heterocycles. The minimum Gasteiger partial charge on any atom is -0.488 e. The zero-order valence-corrected chi connectivity index (χ0v) is 15.9. The zero-order chi connectivity index (χ0) is 15.6. The molecule has 7 heteroatoms. The highest BCUT2D eigenvalue weighted by molar-refractivity contribution is 5.85. The Bertz CT molecular complexity index is 543. The molecule has 1 aliphatic carbocycles. The second kappa shape index (κ2) is 9.28. The predicted octanol–water partition coefficient (Wildman–Crippen LogP) is 2.10. The Kier molecular flexibility index (Phi) is 7.65. The number of benzene rings is 1. The second-order valence-corrected chi connectivity index (χ2v) is 6.97. The number of morpholine rings is 1. The van der Waals surface area contributed by atoms with Gasteiger partial charge in [0, 0.05) is 24.8 Å². The Morgan fingerprint density at radius 3 is 2.56 bits per heavy atom. The fourth-order valence-corrected chi connectivity index (χ4v) is 4.13. The summed E-state index contributed by atoms with van der Waals surface area (Å²) < 4.78 is 11.6. The highest BCUT2D eigenvalue weighted by atomic mass is 35.5. The number of hydrogen-bond donors (Lipinski definition) is 2. The summed E-state index contributed by atoms with van der Waals surface area (Å²) in [5, 5.41) is 13.9. The normalized spacial score (nSPS) is 31.5. The molecule has 2 N–H and O–H groups in total. The molecule has 4 atom stereocenters. The van der Waals surface area contributed by atoms with E-state index in [0.717, 1.165) is 58.0 Å². The van der Waals surface area contributed by atoms with Gasteiger partial charge >= 0.3 is 0 Å². The molecule has 0 radical (unpaired) electrons. The molecule has 25 heavy (non-hydrogen) atoms. The maximum absolute atomic E-state index is 10.4. The fraction of sp³-hybridized carbons (Fsp3) is 0.667. The Morgan fingerprint density at radius 2 is 1.80 bits per heavy atom. The summed E-state index contributed by atoms with van der Waals surface area (Å²) in [6.45, 7) is 5.51. The maximum atomic E-state index is 10.4. The molecule has 5 nitrogen and oxygen atoms in total. The van der Waals surface area contributed by atoms with Gasteiger partial charge in [0.25, 0.3) is 0 Å². The third-order valence-corrected chi connectivity index (χ3v) is 5.47. The maximum Gasteiger partial charge on any atom is 0.125 e. The molecule has 1 saturated carbocycles. The smallest absolute Gasteiger partial charge is 0.125 e. The molecule has 4 rings (SSSR count). The summed E-state index contributed by atoms with van der Waals surface area (Å²) in [4.78, 5) is 2.32. The van der Waals surface area contributed by atoms with Crippen molar-refractivity contribution in [3.8, 4) is 5.75 Å². The molecule has 2 heterocycles. The van der Waals surface area contributed by atoms with Crippen LogP contribution >= 0.6 is 24.8 Å². The SMILES string of the molecule is Cl.Cl.O[C@@H]1C[C@H]2CNC[C@H]2C[C@H]1Oc1cccc(N2CCOCC2)c1. The standard InChI is InChI=1S/C18H26N2O3.2ClH/c21-17-8-13-11-19-12-14(13)9-18(17)23-16-3-1-2-15(10-16)20-4-6-22-7-5-20;;/h1-3,10,13-14,17-19,21H,4-9,11-12H2;2*1H/t13-,14+,17+,18+;;/m0../s1. The van der Waals surface area contributed by atoms with Crippen molar-refractivity contribution in [2.24, 2.45) is 11.8 Å². The summed E-state index contributed by atoms with van der Waals surface area (Å²) in [5.41, 5.74) is 1.18. The number of ether oxygens (including phenoxy) is 2. The van der Waals surface area contributed by atoms with Gasteiger partial charge in [-0.25, -0.2) is 0 Å². The van der Waals surface area contributed by atoms with E-state index in [-0.39, 0.29) is 37.0 Å². The van der Waals surface area contributed by atoms with Crippen molar-refractivity contribution >= 4 is 30.5 Å². The highest BCUT2D eigenvalue weighted by Crippen LogP contribution is 2.35. The van der Waals surface area contributed by atoms with Crippen LogP contribution in [0.15, 0.2) is 24.3 Å². The molecule has 1 aromatic rings. The lowest BCUT2D eigenvalue weighted by molar-refractivity contribution is -0.0231. The molecular weight excluding hydrogens is 363 g/mol. The molecule has 2 saturated heterocycles. The van der Waals surface area contributed by atoms with Crippen LogP contribution in [0.25, 0.3) is 0 Å². The Morgan fingerprint density at radius 1 is 1.08 bits per heavy atom. The summed E-state index contributed by atoms with van der Waals surface area (Å²) >= 11 is 0. The van der Waals surface area contributed by atoms with Gasteiger partial charge in [-0.15, -0.1) is 24.8 Å². The van der Waals surface area contributed by atoms with Gasteiger partial charge < -0.3 is 24.8 Å². The van der Waals surface area contributed by atoms with Crippen LogP contribution in [0.5, 0.6) is 5.75 Å². The van der Waals surface area contributed by atoms with E-state index in [9.17, 15) is 5.11 Å². The van der Waals surface area contributed by atoms with Crippen LogP contribution in [0.1, 0.15) is 12.8 Å². The predicted molar refractivity (Wildman–Crippen MR) is 103 cm³/mol. The Balaban J connectivity index is 0.00000113. The van der Waals surface area contributed by atoms with E-state index in [4.69, 9.17) is 9.47 Å². The number of rotatable bonds is 3. The number of nitrogens with one attached hydrogen (secondary N) is 1. The van der Waals surface area contributed by atoms with Gasteiger partial charge in [-0.1, -0.05) is 6.07 Å². The molecule has 0 aromatic heterocycles. The van der Waals surface area contributed by atoms with Crippen LogP contribution in [0, 0.1) is 11.8 Å². The van der Waals surface area contributed by atoms with Crippen LogP contribution in [-0.4, -0.2) is 56.7 Å². The Labute approximate surface area is 161 Å². The third kappa shape index (κ3) is 4.72. The van der Waals surface area contributed by atoms with Gasteiger partial charge in [-0.05, 0) is 49.9 Å². The quantitative estimate of drug-likeness (QED) is 0.827. The molecule has 3 aliphatic rings. The minimum atomic E-state index is -0.358. The van der Waals surface area contributed by atoms with Crippen molar-refractivity contribution in [1.82, 2.24) is 5.32 Å². The third-order valence-electron chi connectivity index (χ3n) is 5.47. The van der Waals surface area contributed by atoms with Crippen LogP contribution in [0.2, 0.25) is 0 Å². The van der Waals surface area contributed by atoms with Gasteiger partial charge in [-0.2, -0.15) is 0 Å². The summed E-state index contributed by atoms with van der Waals surface area (Å²) in [6.07, 6.45) is 1.35. The molecule has 3 fully saturated rings. The molecule has 1 aromatic carbocycles. The van der Waals surface area contributed by atoms with Crippen molar-refractivity contribution in [1.29, 1.82) is 0 Å². The first-order valence-electron chi connectivity index (χ1n) is 8.78. The van der Waals surface area contributed by atoms with Gasteiger partial charge in [0.1, 0.15) is 11.9 Å². The number of aliphatic hydroxyl groups is 1. The Hall–Kier alpha value is -0.720. The highest BCUT2D eigenvalue weighted by Gasteiger charge is 2.39. The minimum absolute atomic E-state index is 0. The van der Waals surface area contributed by atoms with Gasteiger partial charge in [0.05, 0.1) is 19.3 Å². The van der Waals surface area contributed by atoms with E-state index < -0.39 is 0 Å². The van der Waals surface area contributed by atoms with Gasteiger partial charge in [-0.3, -0.25) is 0 Å². The topological polar surface area (TPSA) is 54.0 Å². The fourth-order valence-electron chi connectivity index (χ4n) is 4.13. The summed E-state index contributed by atoms with van der Waals surface area (Å²) in [6, 6.07) is 8.24. The van der Waals surface area contributed by atoms with E-state index in [2.05, 4.69) is 22.3 Å². The number of hydrogen-bond acceptors (Lipinski definition) is 5. The molecule has 0 unspecified atom stereocenters. The number of halogens is 2. The van der Waals surface area contributed by atoms with E-state index in [1.165, 1.54) is 5.69 Å². The largest absolute Gasteiger partial charge is 0.488 e. The number of fused-ring (bicyclic) bond motifs is 1. The molecule has 0 amide bonds. The average Bonchev–Trinajstić information content (AvgIpc) is 3.03. The lowest BCUT2D eigenvalue weighted by atomic mass is 9.78. The van der Waals surface area contributed by atoms with E-state index in [1.54, 1.807) is 0 Å². The molecular formula is C18H28Cl2N2O3. The van der Waals surface area contributed by atoms with Crippen molar-refractivity contribution in [3.05, 3.63) is 24.3 Å². The second-order valence-electron chi connectivity index (χ2n) is 6.97. The van der Waals surface area contributed by atoms with Crippen LogP contribution in [0.4, 0.5) is 5.69 Å². The van der Waals surface area contributed by atoms with Crippen molar-refractivity contribution in [2.45, 2.75) is 25.0 Å². The number of aliphatic hydroxyl groups excluding tert-OH is 1. The molecule has 142 valence electrons. The van der Waals surface area contributed by atoms with Gasteiger partial charge in [0.15, 0.2) is 0 Å². The monoisotopic (exact) mass is 390 g/mol. The molecule has 0 spiro atoms. The van der Waals surface area contributed by atoms with Gasteiger partial charge in [0.2, 0.25) is 0 Å². The summed E-state index contributed by atoms with van der Waals surface area (Å²) in [5.74, 6) is 2.12. The van der Waals surface area contributed by atoms with Crippen molar-refractivity contribution < 1.29 is 14.6 Å². The van der Waals surface area contributed by atoms with Crippen molar-refractivity contribution in [2.75, 3.05) is 44.3 Å². The first-order chi connectivity index (χ1) is 11.3. The first-order valence-corrected chi connectivity index (χ1v) is 8.78. The van der Waals surface area contributed by atoms with Crippen molar-refractivity contribution in [3.63, 3.8) is 0 Å². The average molecular weight is 391 g/mol. The number of nitrogens with zero attached hydrogens (tertiary/aromatic N) is 1. The number of anilines is 1. The lowest BCUT2D eigenvalue weighted by Gasteiger charge is -2.35. The molecule has 0 bridgehead atoms. The summed E-state index contributed by atoms with van der Waals surface area (Å²) in [7, 11) is 0. The van der Waals surface area contributed by atoms with E-state index >= 15 is 0 Å². The first kappa shape index (κ1) is 20.6. The zero-order valence-electron chi connectivity index (χ0n) is 14.3. The van der Waals surface area contributed by atoms with Crippen LogP contribution in [-0.2, 0) is 4.74 Å².